The molecule has 6 heteroatoms. The molecule has 0 heterocycles. The molecule has 0 saturated heterocycles. The summed E-state index contributed by atoms with van der Waals surface area (Å²) >= 11 is 0. The summed E-state index contributed by atoms with van der Waals surface area (Å²) in [5, 5.41) is 2.60. The van der Waals surface area contributed by atoms with E-state index in [4.69, 9.17) is 9.47 Å². The lowest BCUT2D eigenvalue weighted by atomic mass is 10.2. The van der Waals surface area contributed by atoms with Crippen LogP contribution in [0.4, 0.5) is 0 Å². The summed E-state index contributed by atoms with van der Waals surface area (Å²) in [7, 11) is 2.87. The van der Waals surface area contributed by atoms with Crippen LogP contribution in [-0.2, 0) is 14.3 Å². The molecular weight excluding hydrogens is 286 g/mol. The molecule has 22 heavy (non-hydrogen) atoms. The number of hydrogen-bond donors (Lipinski definition) is 1. The lowest BCUT2D eigenvalue weighted by Crippen LogP contribution is -2.24. The van der Waals surface area contributed by atoms with Gasteiger partial charge in [0.1, 0.15) is 0 Å². The highest BCUT2D eigenvalue weighted by molar-refractivity contribution is 5.92. The zero-order valence-electron chi connectivity index (χ0n) is 13.0. The second kappa shape index (κ2) is 9.44. The van der Waals surface area contributed by atoms with E-state index in [1.165, 1.54) is 13.2 Å². The normalized spacial score (nSPS) is 10.3. The predicted molar refractivity (Wildman–Crippen MR) is 82.8 cm³/mol. The second-order valence-corrected chi connectivity index (χ2v) is 4.29. The van der Waals surface area contributed by atoms with Gasteiger partial charge in [-0.2, -0.15) is 0 Å². The van der Waals surface area contributed by atoms with Gasteiger partial charge in [-0.05, 0) is 30.7 Å². The van der Waals surface area contributed by atoms with E-state index in [1.54, 1.807) is 25.3 Å². The molecule has 1 N–H and O–H groups in total. The molecule has 6 nitrogen and oxygen atoms in total. The first-order valence-corrected chi connectivity index (χ1v) is 6.94. The van der Waals surface area contributed by atoms with Crippen LogP contribution in [-0.4, -0.2) is 39.2 Å². The largest absolute Gasteiger partial charge is 0.493 e. The van der Waals surface area contributed by atoms with Gasteiger partial charge < -0.3 is 19.5 Å². The van der Waals surface area contributed by atoms with E-state index in [9.17, 15) is 9.59 Å². The van der Waals surface area contributed by atoms with Crippen LogP contribution in [0.3, 0.4) is 0 Å². The lowest BCUT2D eigenvalue weighted by Gasteiger charge is -2.09. The fraction of sp³-hybridized carbons (Fsp3) is 0.375. The average Bonchev–Trinajstić information content (AvgIpc) is 2.53. The van der Waals surface area contributed by atoms with E-state index >= 15 is 0 Å². The molecule has 0 aliphatic rings. The van der Waals surface area contributed by atoms with Crippen LogP contribution in [0.1, 0.15) is 18.9 Å². The summed E-state index contributed by atoms with van der Waals surface area (Å²) < 4.78 is 15.1. The number of benzene rings is 1. The van der Waals surface area contributed by atoms with E-state index < -0.39 is 0 Å². The van der Waals surface area contributed by atoms with E-state index in [-0.39, 0.29) is 24.8 Å². The van der Waals surface area contributed by atoms with Crippen molar-refractivity contribution >= 4 is 18.0 Å². The summed E-state index contributed by atoms with van der Waals surface area (Å²) in [5.74, 6) is 0.622. The molecule has 1 aromatic carbocycles. The molecule has 0 spiro atoms. The van der Waals surface area contributed by atoms with Gasteiger partial charge in [0, 0.05) is 12.6 Å². The van der Waals surface area contributed by atoms with Gasteiger partial charge >= 0.3 is 5.97 Å². The van der Waals surface area contributed by atoms with Gasteiger partial charge in [0.25, 0.3) is 0 Å². The lowest BCUT2D eigenvalue weighted by molar-refractivity contribution is -0.140. The molecular formula is C16H21NO5. The fourth-order valence-corrected chi connectivity index (χ4v) is 1.68. The van der Waals surface area contributed by atoms with Crippen LogP contribution in [0.5, 0.6) is 11.5 Å². The highest BCUT2D eigenvalue weighted by Gasteiger charge is 2.04. The molecule has 0 radical (unpaired) electrons. The summed E-state index contributed by atoms with van der Waals surface area (Å²) in [6.07, 6.45) is 3.20. The average molecular weight is 307 g/mol. The molecule has 1 rings (SSSR count). The van der Waals surface area contributed by atoms with Crippen LogP contribution in [0.15, 0.2) is 24.3 Å². The Hall–Kier alpha value is -2.50. The smallest absolute Gasteiger partial charge is 0.307 e. The molecule has 120 valence electrons. The third kappa shape index (κ3) is 5.87. The third-order valence-corrected chi connectivity index (χ3v) is 2.77. The minimum atomic E-state index is -0.361. The maximum absolute atomic E-state index is 11.6. The summed E-state index contributed by atoms with van der Waals surface area (Å²) in [4.78, 5) is 22.5. The van der Waals surface area contributed by atoms with E-state index in [1.807, 2.05) is 13.0 Å². The Balaban J connectivity index is 2.58. The van der Waals surface area contributed by atoms with Gasteiger partial charge in [0.2, 0.25) is 5.91 Å². The Morgan fingerprint density at radius 1 is 1.23 bits per heavy atom. The van der Waals surface area contributed by atoms with Crippen molar-refractivity contribution in [1.29, 1.82) is 0 Å². The number of hydrogen-bond acceptors (Lipinski definition) is 5. The second-order valence-electron chi connectivity index (χ2n) is 4.29. The summed E-state index contributed by atoms with van der Waals surface area (Å²) in [6.45, 7) is 2.68. The van der Waals surface area contributed by atoms with E-state index in [0.29, 0.717) is 18.1 Å². The molecule has 0 saturated carbocycles. The SMILES string of the molecule is CCOc1ccc(/C=C/C(=O)NCCC(=O)OC)cc1OC. The quantitative estimate of drug-likeness (QED) is 0.585. The Morgan fingerprint density at radius 3 is 2.64 bits per heavy atom. The first-order valence-electron chi connectivity index (χ1n) is 6.94. The Labute approximate surface area is 130 Å². The van der Waals surface area contributed by atoms with Crippen molar-refractivity contribution in [3.05, 3.63) is 29.8 Å². The van der Waals surface area contributed by atoms with Crippen molar-refractivity contribution in [2.45, 2.75) is 13.3 Å². The molecule has 0 aliphatic heterocycles. The number of carbonyl (C=O) groups excluding carboxylic acids is 2. The zero-order chi connectivity index (χ0) is 16.4. The van der Waals surface area contributed by atoms with E-state index in [2.05, 4.69) is 10.1 Å². The maximum Gasteiger partial charge on any atom is 0.307 e. The minimum Gasteiger partial charge on any atom is -0.493 e. The molecule has 1 aromatic rings. The van der Waals surface area contributed by atoms with Gasteiger partial charge in [-0.25, -0.2) is 0 Å². The van der Waals surface area contributed by atoms with Crippen molar-refractivity contribution in [1.82, 2.24) is 5.32 Å². The number of ether oxygens (including phenoxy) is 3. The maximum atomic E-state index is 11.6. The summed E-state index contributed by atoms with van der Waals surface area (Å²) in [6, 6.07) is 5.39. The van der Waals surface area contributed by atoms with Gasteiger partial charge in [0.05, 0.1) is 27.2 Å². The zero-order valence-corrected chi connectivity index (χ0v) is 13.0. The number of methoxy groups -OCH3 is 2. The van der Waals surface area contributed by atoms with Gasteiger partial charge in [0.15, 0.2) is 11.5 Å². The molecule has 0 aromatic heterocycles. The van der Waals surface area contributed by atoms with Crippen molar-refractivity contribution in [2.24, 2.45) is 0 Å². The Morgan fingerprint density at radius 2 is 2.00 bits per heavy atom. The third-order valence-electron chi connectivity index (χ3n) is 2.77. The minimum absolute atomic E-state index is 0.146. The molecule has 0 aliphatic carbocycles. The van der Waals surface area contributed by atoms with Crippen LogP contribution < -0.4 is 14.8 Å². The van der Waals surface area contributed by atoms with Gasteiger partial charge in [-0.1, -0.05) is 6.07 Å². The van der Waals surface area contributed by atoms with Crippen LogP contribution in [0.2, 0.25) is 0 Å². The van der Waals surface area contributed by atoms with Crippen molar-refractivity contribution in [3.63, 3.8) is 0 Å². The van der Waals surface area contributed by atoms with Gasteiger partial charge in [-0.15, -0.1) is 0 Å². The van der Waals surface area contributed by atoms with Crippen LogP contribution >= 0.6 is 0 Å². The number of carbonyl (C=O) groups is 2. The highest BCUT2D eigenvalue weighted by Crippen LogP contribution is 2.28. The summed E-state index contributed by atoms with van der Waals surface area (Å²) in [5.41, 5.74) is 0.809. The predicted octanol–water partition coefficient (Wildman–Crippen LogP) is 1.79. The molecule has 0 bridgehead atoms. The van der Waals surface area contributed by atoms with Crippen molar-refractivity contribution < 1.29 is 23.8 Å². The highest BCUT2D eigenvalue weighted by atomic mass is 16.5. The first kappa shape index (κ1) is 17.6. The van der Waals surface area contributed by atoms with Crippen LogP contribution in [0, 0.1) is 0 Å². The number of esters is 1. The topological polar surface area (TPSA) is 73.9 Å². The number of nitrogens with one attached hydrogen (secondary N) is 1. The van der Waals surface area contributed by atoms with E-state index in [0.717, 1.165) is 5.56 Å². The Bertz CT molecular complexity index is 539. The molecule has 0 atom stereocenters. The standard InChI is InChI=1S/C16H21NO5/c1-4-22-13-7-5-12(11-14(13)20-2)6-8-15(18)17-10-9-16(19)21-3/h5-8,11H,4,9-10H2,1-3H3,(H,17,18)/b8-6+. The molecule has 1 amide bonds. The number of rotatable bonds is 8. The monoisotopic (exact) mass is 307 g/mol. The van der Waals surface area contributed by atoms with Gasteiger partial charge in [-0.3, -0.25) is 9.59 Å². The first-order chi connectivity index (χ1) is 10.6. The van der Waals surface area contributed by atoms with Crippen molar-refractivity contribution in [3.8, 4) is 11.5 Å². The Kier molecular flexibility index (Phi) is 7.53. The number of amides is 1. The fourth-order valence-electron chi connectivity index (χ4n) is 1.68. The van der Waals surface area contributed by atoms with Crippen LogP contribution in [0.25, 0.3) is 6.08 Å². The molecule has 0 fully saturated rings. The van der Waals surface area contributed by atoms with Crippen molar-refractivity contribution in [2.75, 3.05) is 27.4 Å². The molecule has 0 unspecified atom stereocenters.